The van der Waals surface area contributed by atoms with Gasteiger partial charge in [-0.1, -0.05) is 11.2 Å². The fourth-order valence-electron chi connectivity index (χ4n) is 4.04. The molecule has 1 amide bonds. The van der Waals surface area contributed by atoms with Crippen LogP contribution < -0.4 is 4.74 Å². The van der Waals surface area contributed by atoms with Crippen LogP contribution >= 0.6 is 0 Å². The number of hydrogen-bond acceptors (Lipinski definition) is 5. The molecule has 0 N–H and O–H groups in total. The number of nitrogens with zero attached hydrogens (tertiary/aromatic N) is 7. The first-order chi connectivity index (χ1) is 15.0. The van der Waals surface area contributed by atoms with Gasteiger partial charge in [0.1, 0.15) is 5.75 Å². The normalized spacial score (nSPS) is 13.0. The average molecular weight is 417 g/mol. The summed E-state index contributed by atoms with van der Waals surface area (Å²) >= 11 is 0. The lowest BCUT2D eigenvalue weighted by molar-refractivity contribution is 0.0725. The predicted molar refractivity (Wildman–Crippen MR) is 115 cm³/mol. The number of aromatic nitrogens is 3. The van der Waals surface area contributed by atoms with E-state index in [9.17, 15) is 4.79 Å². The average Bonchev–Trinajstić information content (AvgIpc) is 3.11. The Morgan fingerprint density at radius 2 is 2.06 bits per heavy atom. The number of methoxy groups -OCH3 is 1. The molecule has 0 saturated carbocycles. The first-order valence-corrected chi connectivity index (χ1v) is 9.95. The number of ether oxygens (including phenoxy) is 1. The molecular weight excluding hydrogens is 394 g/mol. The van der Waals surface area contributed by atoms with Crippen LogP contribution in [0.5, 0.6) is 5.75 Å². The molecule has 9 nitrogen and oxygen atoms in total. The van der Waals surface area contributed by atoms with Crippen LogP contribution in [0.3, 0.4) is 0 Å². The van der Waals surface area contributed by atoms with Crippen molar-refractivity contribution in [2.75, 3.05) is 13.7 Å². The van der Waals surface area contributed by atoms with E-state index in [2.05, 4.69) is 20.1 Å². The number of hydrogen-bond donors (Lipinski definition) is 0. The minimum atomic E-state index is -0.0588. The topological polar surface area (TPSA) is 109 Å². The minimum Gasteiger partial charge on any atom is -0.497 e. The predicted octanol–water partition coefficient (Wildman–Crippen LogP) is 3.81. The Bertz CT molecular complexity index is 1190. The number of amides is 1. The zero-order valence-electron chi connectivity index (χ0n) is 17.7. The highest BCUT2D eigenvalue weighted by Gasteiger charge is 2.28. The SMILES string of the molecule is COc1ccnc(CN2CCc3c(cc(CN=[N+]=[N-])cc3-c3cn(C)nc3C)C2=O)c1. The summed E-state index contributed by atoms with van der Waals surface area (Å²) in [6, 6.07) is 7.46. The molecule has 0 fully saturated rings. The van der Waals surface area contributed by atoms with Gasteiger partial charge in [-0.2, -0.15) is 5.10 Å². The number of pyridine rings is 1. The van der Waals surface area contributed by atoms with Crippen LogP contribution in [-0.2, 0) is 26.6 Å². The molecule has 1 aliphatic rings. The molecular formula is C22H23N7O2. The molecule has 0 spiro atoms. The maximum absolute atomic E-state index is 13.4. The molecule has 31 heavy (non-hydrogen) atoms. The van der Waals surface area contributed by atoms with Crippen molar-refractivity contribution in [3.63, 3.8) is 0 Å². The number of carbonyl (C=O) groups is 1. The van der Waals surface area contributed by atoms with Crippen LogP contribution in [-0.4, -0.2) is 39.2 Å². The summed E-state index contributed by atoms with van der Waals surface area (Å²) in [7, 11) is 3.48. The van der Waals surface area contributed by atoms with Crippen LogP contribution in [0.2, 0.25) is 0 Å². The number of aryl methyl sites for hydroxylation is 2. The van der Waals surface area contributed by atoms with Gasteiger partial charge in [0.15, 0.2) is 0 Å². The van der Waals surface area contributed by atoms with Crippen LogP contribution in [0, 0.1) is 6.92 Å². The number of benzene rings is 1. The third kappa shape index (κ3) is 4.08. The molecule has 1 aliphatic heterocycles. The number of azide groups is 1. The zero-order valence-corrected chi connectivity index (χ0v) is 17.7. The summed E-state index contributed by atoms with van der Waals surface area (Å²) in [5.74, 6) is 0.650. The highest BCUT2D eigenvalue weighted by Crippen LogP contribution is 2.34. The van der Waals surface area contributed by atoms with Crippen LogP contribution in [0.25, 0.3) is 21.6 Å². The van der Waals surface area contributed by atoms with Crippen molar-refractivity contribution in [3.05, 3.63) is 75.2 Å². The molecule has 0 radical (unpaired) electrons. The van der Waals surface area contributed by atoms with E-state index in [1.165, 1.54) is 0 Å². The highest BCUT2D eigenvalue weighted by atomic mass is 16.5. The van der Waals surface area contributed by atoms with Crippen molar-refractivity contribution in [1.29, 1.82) is 0 Å². The summed E-state index contributed by atoms with van der Waals surface area (Å²) in [4.78, 5) is 22.4. The van der Waals surface area contributed by atoms with E-state index in [4.69, 9.17) is 10.3 Å². The molecule has 0 atom stereocenters. The minimum absolute atomic E-state index is 0.0588. The number of carbonyl (C=O) groups excluding carboxylic acids is 1. The third-order valence-electron chi connectivity index (χ3n) is 5.46. The Labute approximate surface area is 179 Å². The zero-order chi connectivity index (χ0) is 22.0. The van der Waals surface area contributed by atoms with Gasteiger partial charge in [0.25, 0.3) is 5.91 Å². The Morgan fingerprint density at radius 1 is 1.26 bits per heavy atom. The maximum Gasteiger partial charge on any atom is 0.254 e. The van der Waals surface area contributed by atoms with E-state index in [1.54, 1.807) is 29.0 Å². The third-order valence-corrected chi connectivity index (χ3v) is 5.46. The fraction of sp³-hybridized carbons (Fsp3) is 0.318. The van der Waals surface area contributed by atoms with Crippen molar-refractivity contribution in [3.8, 4) is 16.9 Å². The fourth-order valence-corrected chi connectivity index (χ4v) is 4.04. The summed E-state index contributed by atoms with van der Waals surface area (Å²) in [6.45, 7) is 3.12. The van der Waals surface area contributed by atoms with Gasteiger partial charge >= 0.3 is 0 Å². The van der Waals surface area contributed by atoms with E-state index in [0.29, 0.717) is 24.4 Å². The second-order valence-electron chi connectivity index (χ2n) is 7.52. The van der Waals surface area contributed by atoms with E-state index in [1.807, 2.05) is 38.4 Å². The maximum atomic E-state index is 13.4. The van der Waals surface area contributed by atoms with Crippen LogP contribution in [0.4, 0.5) is 0 Å². The van der Waals surface area contributed by atoms with Crippen molar-refractivity contribution in [2.45, 2.75) is 26.4 Å². The monoisotopic (exact) mass is 417 g/mol. The van der Waals surface area contributed by atoms with Crippen molar-refractivity contribution < 1.29 is 9.53 Å². The molecule has 0 saturated heterocycles. The van der Waals surface area contributed by atoms with E-state index in [0.717, 1.165) is 40.1 Å². The summed E-state index contributed by atoms with van der Waals surface area (Å²) < 4.78 is 7.03. The second-order valence-corrected chi connectivity index (χ2v) is 7.52. The van der Waals surface area contributed by atoms with E-state index >= 15 is 0 Å². The number of rotatable bonds is 6. The van der Waals surface area contributed by atoms with Gasteiger partial charge < -0.3 is 9.64 Å². The largest absolute Gasteiger partial charge is 0.497 e. The van der Waals surface area contributed by atoms with Crippen molar-refractivity contribution in [1.82, 2.24) is 19.7 Å². The van der Waals surface area contributed by atoms with Gasteiger partial charge in [-0.3, -0.25) is 14.5 Å². The Balaban J connectivity index is 1.74. The van der Waals surface area contributed by atoms with Crippen LogP contribution in [0.15, 0.2) is 41.8 Å². The summed E-state index contributed by atoms with van der Waals surface area (Å²) in [5.41, 5.74) is 14.8. The molecule has 0 aliphatic carbocycles. The lowest BCUT2D eigenvalue weighted by atomic mass is 9.88. The van der Waals surface area contributed by atoms with Gasteiger partial charge in [0.2, 0.25) is 0 Å². The molecule has 0 bridgehead atoms. The van der Waals surface area contributed by atoms with Gasteiger partial charge in [0.05, 0.1) is 31.6 Å². The van der Waals surface area contributed by atoms with Gasteiger partial charge in [0, 0.05) is 48.1 Å². The molecule has 0 unspecified atom stereocenters. The highest BCUT2D eigenvalue weighted by molar-refractivity contribution is 5.99. The quantitative estimate of drug-likeness (QED) is 0.345. The standard InChI is InChI=1S/C22H23N7O2/c1-14-21(13-28(2)26-14)19-8-15(11-25-27-23)9-20-18(19)5-7-29(22(20)30)12-16-10-17(31-3)4-6-24-16/h4,6,8-10,13H,5,7,11-12H2,1-3H3. The first-order valence-electron chi connectivity index (χ1n) is 9.95. The molecule has 4 rings (SSSR count). The molecule has 158 valence electrons. The number of fused-ring (bicyclic) bond motifs is 1. The van der Waals surface area contributed by atoms with E-state index in [-0.39, 0.29) is 12.5 Å². The Hall–Kier alpha value is -3.84. The molecule has 1 aromatic carbocycles. The lowest BCUT2D eigenvalue weighted by Crippen LogP contribution is -2.37. The molecule has 9 heteroatoms. The first kappa shape index (κ1) is 20.4. The summed E-state index contributed by atoms with van der Waals surface area (Å²) in [5, 5.41) is 8.15. The second kappa shape index (κ2) is 8.49. The van der Waals surface area contributed by atoms with Gasteiger partial charge in [-0.15, -0.1) is 0 Å². The molecule has 2 aromatic heterocycles. The van der Waals surface area contributed by atoms with Crippen LogP contribution in [0.1, 0.15) is 32.9 Å². The molecule has 3 heterocycles. The van der Waals surface area contributed by atoms with Crippen molar-refractivity contribution >= 4 is 5.91 Å². The lowest BCUT2D eigenvalue weighted by Gasteiger charge is -2.30. The Morgan fingerprint density at radius 3 is 2.77 bits per heavy atom. The summed E-state index contributed by atoms with van der Waals surface area (Å²) in [6.07, 6.45) is 4.35. The van der Waals surface area contributed by atoms with Gasteiger partial charge in [-0.05, 0) is 47.7 Å². The smallest absolute Gasteiger partial charge is 0.254 e. The van der Waals surface area contributed by atoms with Crippen molar-refractivity contribution in [2.24, 2.45) is 12.2 Å². The molecule has 3 aromatic rings. The van der Waals surface area contributed by atoms with Gasteiger partial charge in [-0.25, -0.2) is 0 Å². The Kier molecular flexibility index (Phi) is 5.60. The van der Waals surface area contributed by atoms with E-state index < -0.39 is 0 Å².